The molecule has 6 nitrogen and oxygen atoms in total. The second-order valence-electron chi connectivity index (χ2n) is 6.99. The van der Waals surface area contributed by atoms with E-state index >= 15 is 0 Å². The van der Waals surface area contributed by atoms with Crippen LogP contribution in [0.15, 0.2) is 35.2 Å². The van der Waals surface area contributed by atoms with E-state index in [0.29, 0.717) is 24.3 Å². The summed E-state index contributed by atoms with van der Waals surface area (Å²) in [5.74, 6) is -7.07. The maximum atomic E-state index is 14.3. The van der Waals surface area contributed by atoms with Crippen LogP contribution >= 0.6 is 0 Å². The zero-order valence-corrected chi connectivity index (χ0v) is 16.6. The van der Waals surface area contributed by atoms with Crippen molar-refractivity contribution in [3.63, 3.8) is 0 Å². The van der Waals surface area contributed by atoms with E-state index in [0.717, 1.165) is 10.4 Å². The number of aliphatic hydroxyl groups excluding tert-OH is 1. The Hall–Kier alpha value is -2.57. The van der Waals surface area contributed by atoms with Crippen molar-refractivity contribution in [1.82, 2.24) is 4.31 Å². The van der Waals surface area contributed by atoms with Gasteiger partial charge in [-0.15, -0.1) is 0 Å². The number of hydrogen-bond donors (Lipinski definition) is 2. The SMILES string of the molecule is O=C(Nc1cc(F)c(F)c(F)c1)c1ccc(F)c(S(=O)(=O)N2CCC(F)CC(O)C2)c1. The summed E-state index contributed by atoms with van der Waals surface area (Å²) in [6.45, 7) is -0.753. The summed E-state index contributed by atoms with van der Waals surface area (Å²) in [7, 11) is -4.54. The molecule has 12 heteroatoms. The van der Waals surface area contributed by atoms with Gasteiger partial charge in [0.25, 0.3) is 5.91 Å². The predicted octanol–water partition coefficient (Wildman–Crippen LogP) is 2.98. The molecule has 1 saturated heterocycles. The first-order chi connectivity index (χ1) is 14.5. The number of nitrogens with zero attached hydrogens (tertiary/aromatic N) is 1. The molecule has 0 spiro atoms. The van der Waals surface area contributed by atoms with Gasteiger partial charge in [-0.3, -0.25) is 4.79 Å². The Bertz CT molecular complexity index is 1090. The zero-order chi connectivity index (χ0) is 22.9. The molecule has 0 saturated carbocycles. The Labute approximate surface area is 174 Å². The molecule has 0 aromatic heterocycles. The first kappa shape index (κ1) is 23.1. The second-order valence-corrected chi connectivity index (χ2v) is 8.90. The number of carbonyl (C=O) groups excluding carboxylic acids is 1. The van der Waals surface area contributed by atoms with Crippen molar-refractivity contribution in [1.29, 1.82) is 0 Å². The van der Waals surface area contributed by atoms with Crippen molar-refractivity contribution < 1.29 is 40.3 Å². The van der Waals surface area contributed by atoms with Gasteiger partial charge in [0.15, 0.2) is 17.5 Å². The summed E-state index contributed by atoms with van der Waals surface area (Å²) in [5.41, 5.74) is -0.816. The number of alkyl halides is 1. The van der Waals surface area contributed by atoms with Crippen LogP contribution in [0.4, 0.5) is 27.6 Å². The number of benzene rings is 2. The van der Waals surface area contributed by atoms with Gasteiger partial charge in [0.2, 0.25) is 10.0 Å². The van der Waals surface area contributed by atoms with Gasteiger partial charge in [0, 0.05) is 42.9 Å². The second kappa shape index (κ2) is 8.89. The topological polar surface area (TPSA) is 86.7 Å². The van der Waals surface area contributed by atoms with Gasteiger partial charge in [-0.1, -0.05) is 0 Å². The summed E-state index contributed by atoms with van der Waals surface area (Å²) in [4.78, 5) is 11.5. The van der Waals surface area contributed by atoms with Crippen LogP contribution in [-0.4, -0.2) is 49.1 Å². The highest BCUT2D eigenvalue weighted by Crippen LogP contribution is 2.25. The summed E-state index contributed by atoms with van der Waals surface area (Å²) in [5, 5.41) is 11.9. The minimum Gasteiger partial charge on any atom is -0.392 e. The molecule has 31 heavy (non-hydrogen) atoms. The molecule has 2 unspecified atom stereocenters. The van der Waals surface area contributed by atoms with Crippen LogP contribution in [0, 0.1) is 23.3 Å². The third-order valence-corrected chi connectivity index (χ3v) is 6.57. The van der Waals surface area contributed by atoms with Gasteiger partial charge in [-0.05, 0) is 24.6 Å². The smallest absolute Gasteiger partial charge is 0.255 e. The fourth-order valence-electron chi connectivity index (χ4n) is 3.13. The summed E-state index contributed by atoms with van der Waals surface area (Å²) in [6.07, 6.45) is -3.17. The monoisotopic (exact) mass is 464 g/mol. The molecular weight excluding hydrogens is 447 g/mol. The van der Waals surface area contributed by atoms with Crippen molar-refractivity contribution in [3.05, 3.63) is 59.2 Å². The number of carbonyl (C=O) groups is 1. The predicted molar refractivity (Wildman–Crippen MR) is 99.6 cm³/mol. The number of β-amino-alcohol motifs (C(OH)–C–C–N with tert-alkyl or cyclic N) is 1. The lowest BCUT2D eigenvalue weighted by Gasteiger charge is -2.22. The maximum Gasteiger partial charge on any atom is 0.255 e. The third kappa shape index (κ3) is 5.02. The number of halogens is 5. The molecule has 3 rings (SSSR count). The molecule has 168 valence electrons. The zero-order valence-electron chi connectivity index (χ0n) is 15.8. The first-order valence-electron chi connectivity index (χ1n) is 9.06. The fraction of sp³-hybridized carbons (Fsp3) is 0.316. The molecule has 2 aromatic rings. The fourth-order valence-corrected chi connectivity index (χ4v) is 4.71. The number of nitrogens with one attached hydrogen (secondary N) is 1. The molecule has 0 bridgehead atoms. The van der Waals surface area contributed by atoms with Crippen molar-refractivity contribution in [3.8, 4) is 0 Å². The molecule has 1 aliphatic heterocycles. The summed E-state index contributed by atoms with van der Waals surface area (Å²) >= 11 is 0. The standard InChI is InChI=1S/C19H17F5N2O4S/c20-11-3-4-26(9-13(27)6-11)31(29,30)17-5-10(1-2-14(17)21)19(28)25-12-7-15(22)18(24)16(23)8-12/h1-2,5,7-8,11,13,27H,3-4,6,9H2,(H,25,28). The highest BCUT2D eigenvalue weighted by molar-refractivity contribution is 7.89. The van der Waals surface area contributed by atoms with Crippen molar-refractivity contribution in [2.45, 2.75) is 30.0 Å². The average Bonchev–Trinajstić information content (AvgIpc) is 2.86. The van der Waals surface area contributed by atoms with Crippen molar-refractivity contribution >= 4 is 21.6 Å². The van der Waals surface area contributed by atoms with E-state index in [-0.39, 0.29) is 24.9 Å². The normalized spacial score (nSPS) is 20.3. The van der Waals surface area contributed by atoms with E-state index in [1.165, 1.54) is 0 Å². The van der Waals surface area contributed by atoms with Gasteiger partial charge in [-0.25, -0.2) is 30.4 Å². The number of hydrogen-bond acceptors (Lipinski definition) is 4. The quantitative estimate of drug-likeness (QED) is 0.538. The lowest BCUT2D eigenvalue weighted by molar-refractivity contribution is 0.102. The van der Waals surface area contributed by atoms with Crippen LogP contribution in [0.25, 0.3) is 0 Å². The molecule has 2 N–H and O–H groups in total. The number of sulfonamides is 1. The van der Waals surface area contributed by atoms with Crippen molar-refractivity contribution in [2.24, 2.45) is 0 Å². The van der Waals surface area contributed by atoms with E-state index in [4.69, 9.17) is 0 Å². The molecule has 0 radical (unpaired) electrons. The Morgan fingerprint density at radius 1 is 1.06 bits per heavy atom. The Balaban J connectivity index is 1.89. The van der Waals surface area contributed by atoms with Crippen LogP contribution in [-0.2, 0) is 10.0 Å². The Morgan fingerprint density at radius 2 is 1.71 bits per heavy atom. The van der Waals surface area contributed by atoms with Crippen LogP contribution < -0.4 is 5.32 Å². The van der Waals surface area contributed by atoms with Gasteiger partial charge in [0.1, 0.15) is 16.9 Å². The molecule has 1 heterocycles. The van der Waals surface area contributed by atoms with Gasteiger partial charge < -0.3 is 10.4 Å². The van der Waals surface area contributed by atoms with Crippen LogP contribution in [0.3, 0.4) is 0 Å². The molecule has 2 atom stereocenters. The maximum absolute atomic E-state index is 14.3. The molecule has 2 aromatic carbocycles. The number of aliphatic hydroxyl groups is 1. The Morgan fingerprint density at radius 3 is 2.35 bits per heavy atom. The van der Waals surface area contributed by atoms with Gasteiger partial charge in [-0.2, -0.15) is 4.31 Å². The molecular formula is C19H17F5N2O4S. The van der Waals surface area contributed by atoms with Gasteiger partial charge >= 0.3 is 0 Å². The lowest BCUT2D eigenvalue weighted by Crippen LogP contribution is -2.36. The van der Waals surface area contributed by atoms with E-state index in [2.05, 4.69) is 5.32 Å². The molecule has 1 aliphatic rings. The molecule has 1 amide bonds. The highest BCUT2D eigenvalue weighted by Gasteiger charge is 2.33. The van der Waals surface area contributed by atoms with Crippen LogP contribution in [0.5, 0.6) is 0 Å². The minimum atomic E-state index is -4.54. The molecule has 1 fully saturated rings. The van der Waals surface area contributed by atoms with E-state index in [9.17, 15) is 40.3 Å². The largest absolute Gasteiger partial charge is 0.392 e. The number of anilines is 1. The average molecular weight is 464 g/mol. The van der Waals surface area contributed by atoms with E-state index in [1.54, 1.807) is 0 Å². The summed E-state index contributed by atoms with van der Waals surface area (Å²) < 4.78 is 94.0. The van der Waals surface area contributed by atoms with E-state index < -0.39 is 68.6 Å². The third-order valence-electron chi connectivity index (χ3n) is 4.69. The van der Waals surface area contributed by atoms with Crippen LogP contribution in [0.1, 0.15) is 23.2 Å². The van der Waals surface area contributed by atoms with Crippen LogP contribution in [0.2, 0.25) is 0 Å². The number of rotatable bonds is 4. The number of amides is 1. The highest BCUT2D eigenvalue weighted by atomic mass is 32.2. The Kier molecular flexibility index (Phi) is 6.62. The summed E-state index contributed by atoms with van der Waals surface area (Å²) in [6, 6.07) is 3.39. The van der Waals surface area contributed by atoms with Gasteiger partial charge in [0.05, 0.1) is 6.10 Å². The van der Waals surface area contributed by atoms with Crippen molar-refractivity contribution in [2.75, 3.05) is 18.4 Å². The lowest BCUT2D eigenvalue weighted by atomic mass is 10.1. The minimum absolute atomic E-state index is 0.195. The van der Waals surface area contributed by atoms with E-state index in [1.807, 2.05) is 0 Å². The first-order valence-corrected chi connectivity index (χ1v) is 10.5. The molecule has 0 aliphatic carbocycles.